The summed E-state index contributed by atoms with van der Waals surface area (Å²) < 4.78 is 38.6. The summed E-state index contributed by atoms with van der Waals surface area (Å²) in [5.41, 5.74) is -0.330. The second-order valence-electron chi connectivity index (χ2n) is 4.30. The van der Waals surface area contributed by atoms with Crippen LogP contribution in [0.3, 0.4) is 0 Å². The third-order valence-electron chi connectivity index (χ3n) is 2.69. The molecule has 21 heavy (non-hydrogen) atoms. The Morgan fingerprint density at radius 3 is 2.29 bits per heavy atom. The lowest BCUT2D eigenvalue weighted by Gasteiger charge is -2.09. The first kappa shape index (κ1) is 17.4. The summed E-state index contributed by atoms with van der Waals surface area (Å²) in [4.78, 5) is 23.0. The van der Waals surface area contributed by atoms with Gasteiger partial charge in [-0.15, -0.1) is 0 Å². The molecule has 0 saturated heterocycles. The lowest BCUT2D eigenvalue weighted by molar-refractivity contribution is -0.136. The van der Waals surface area contributed by atoms with Gasteiger partial charge in [-0.05, 0) is 12.7 Å². The predicted octanol–water partition coefficient (Wildman–Crippen LogP) is 2.30. The van der Waals surface area contributed by atoms with Crippen molar-refractivity contribution < 1.29 is 22.8 Å². The lowest BCUT2D eigenvalue weighted by Crippen LogP contribution is -2.36. The average molecular weight is 320 g/mol. The van der Waals surface area contributed by atoms with Gasteiger partial charge in [-0.3, -0.25) is 9.59 Å². The maximum Gasteiger partial charge on any atom is 0.313 e. The molecular weight excluding hydrogens is 305 g/mol. The second-order valence-corrected chi connectivity index (χ2v) is 5.58. The van der Waals surface area contributed by atoms with Gasteiger partial charge >= 0.3 is 11.8 Å². The van der Waals surface area contributed by atoms with Crippen LogP contribution in [0.15, 0.2) is 12.1 Å². The molecule has 0 radical (unpaired) electrons. The van der Waals surface area contributed by atoms with Crippen molar-refractivity contribution in [1.29, 1.82) is 0 Å². The highest BCUT2D eigenvalue weighted by Crippen LogP contribution is 2.17. The molecule has 8 heteroatoms. The van der Waals surface area contributed by atoms with Crippen LogP contribution >= 0.6 is 11.8 Å². The Balaban J connectivity index is 2.55. The first-order valence-electron chi connectivity index (χ1n) is 6.11. The molecular formula is C13H15F3N2O2S. The van der Waals surface area contributed by atoms with Crippen molar-refractivity contribution >= 4 is 29.3 Å². The number of thioether (sulfide) groups is 1. The first-order chi connectivity index (χ1) is 9.85. The van der Waals surface area contributed by atoms with E-state index < -0.39 is 29.3 Å². The van der Waals surface area contributed by atoms with Crippen molar-refractivity contribution in [2.24, 2.45) is 0 Å². The number of hydrogen-bond acceptors (Lipinski definition) is 3. The largest absolute Gasteiger partial charge is 0.348 e. The van der Waals surface area contributed by atoms with Crippen LogP contribution in [0, 0.1) is 17.5 Å². The minimum Gasteiger partial charge on any atom is -0.348 e. The van der Waals surface area contributed by atoms with Gasteiger partial charge in [-0.25, -0.2) is 13.2 Å². The van der Waals surface area contributed by atoms with Gasteiger partial charge in [0.1, 0.15) is 0 Å². The van der Waals surface area contributed by atoms with Gasteiger partial charge in [-0.2, -0.15) is 11.8 Å². The molecule has 0 aliphatic rings. The summed E-state index contributed by atoms with van der Waals surface area (Å²) in [5, 5.41) is 4.71. The van der Waals surface area contributed by atoms with E-state index >= 15 is 0 Å². The molecule has 4 nitrogen and oxygen atoms in total. The molecule has 0 heterocycles. The Morgan fingerprint density at radius 1 is 1.19 bits per heavy atom. The standard InChI is InChI=1S/C13H15F3N2O2S/c1-7(21-2)3-4-17-12(19)13(20)18-8-5-9(14)11(16)10(15)6-8/h5-7H,3-4H2,1-2H3,(H,17,19)(H,18,20). The molecule has 0 bridgehead atoms. The van der Waals surface area contributed by atoms with E-state index in [0.717, 1.165) is 0 Å². The van der Waals surface area contributed by atoms with Crippen LogP contribution in [-0.2, 0) is 9.59 Å². The van der Waals surface area contributed by atoms with Crippen molar-refractivity contribution in [2.75, 3.05) is 18.1 Å². The number of nitrogens with one attached hydrogen (secondary N) is 2. The summed E-state index contributed by atoms with van der Waals surface area (Å²) >= 11 is 1.62. The second kappa shape index (κ2) is 7.92. The first-order valence-corrected chi connectivity index (χ1v) is 7.40. The van der Waals surface area contributed by atoms with Crippen LogP contribution < -0.4 is 10.6 Å². The Labute approximate surface area is 124 Å². The fourth-order valence-electron chi connectivity index (χ4n) is 1.40. The zero-order valence-corrected chi connectivity index (χ0v) is 12.3. The topological polar surface area (TPSA) is 58.2 Å². The van der Waals surface area contributed by atoms with Crippen molar-refractivity contribution in [3.63, 3.8) is 0 Å². The minimum absolute atomic E-state index is 0.306. The van der Waals surface area contributed by atoms with Crippen LogP contribution in [-0.4, -0.2) is 29.9 Å². The molecule has 1 aromatic rings. The number of rotatable bonds is 5. The van der Waals surface area contributed by atoms with Gasteiger partial charge in [0.25, 0.3) is 0 Å². The summed E-state index contributed by atoms with van der Waals surface area (Å²) in [6.45, 7) is 2.28. The molecule has 0 aliphatic heterocycles. The van der Waals surface area contributed by atoms with E-state index in [4.69, 9.17) is 0 Å². The Bertz CT molecular complexity index is 517. The Hall–Kier alpha value is -1.70. The van der Waals surface area contributed by atoms with E-state index in [-0.39, 0.29) is 5.69 Å². The highest BCUT2D eigenvalue weighted by Gasteiger charge is 2.16. The van der Waals surface area contributed by atoms with E-state index in [1.165, 1.54) is 0 Å². The molecule has 1 unspecified atom stereocenters. The van der Waals surface area contributed by atoms with Gasteiger partial charge in [0.2, 0.25) is 0 Å². The SMILES string of the molecule is CSC(C)CCNC(=O)C(=O)Nc1cc(F)c(F)c(F)c1. The third kappa shape index (κ3) is 5.30. The molecule has 2 amide bonds. The van der Waals surface area contributed by atoms with E-state index in [1.54, 1.807) is 11.8 Å². The van der Waals surface area contributed by atoms with Crippen molar-refractivity contribution in [3.8, 4) is 0 Å². The number of anilines is 1. The molecule has 0 fully saturated rings. The van der Waals surface area contributed by atoms with Crippen LogP contribution in [0.2, 0.25) is 0 Å². The Kier molecular flexibility index (Phi) is 6.54. The van der Waals surface area contributed by atoms with Gasteiger partial charge in [0.15, 0.2) is 17.5 Å². The van der Waals surface area contributed by atoms with Crippen LogP contribution in [0.1, 0.15) is 13.3 Å². The maximum atomic E-state index is 13.0. The number of amides is 2. The predicted molar refractivity (Wildman–Crippen MR) is 75.5 cm³/mol. The van der Waals surface area contributed by atoms with Crippen LogP contribution in [0.4, 0.5) is 18.9 Å². The Morgan fingerprint density at radius 2 is 1.76 bits per heavy atom. The average Bonchev–Trinajstić information content (AvgIpc) is 2.44. The fourth-order valence-corrected chi connectivity index (χ4v) is 1.76. The molecule has 0 aliphatic carbocycles. The quantitative estimate of drug-likeness (QED) is 0.646. The summed E-state index contributed by atoms with van der Waals surface area (Å²) in [6.07, 6.45) is 2.61. The van der Waals surface area contributed by atoms with Gasteiger partial charge in [-0.1, -0.05) is 6.92 Å². The molecule has 1 aromatic carbocycles. The summed E-state index contributed by atoms with van der Waals surface area (Å²) in [7, 11) is 0. The van der Waals surface area contributed by atoms with E-state index in [0.29, 0.717) is 30.3 Å². The van der Waals surface area contributed by atoms with E-state index in [1.807, 2.05) is 18.5 Å². The molecule has 0 spiro atoms. The summed E-state index contributed by atoms with van der Waals surface area (Å²) in [6, 6.07) is 1.19. The molecule has 0 aromatic heterocycles. The van der Waals surface area contributed by atoms with Crippen molar-refractivity contribution in [3.05, 3.63) is 29.6 Å². The normalized spacial score (nSPS) is 11.9. The highest BCUT2D eigenvalue weighted by atomic mass is 32.2. The van der Waals surface area contributed by atoms with E-state index in [9.17, 15) is 22.8 Å². The zero-order chi connectivity index (χ0) is 16.0. The van der Waals surface area contributed by atoms with Crippen LogP contribution in [0.25, 0.3) is 0 Å². The number of carbonyl (C=O) groups is 2. The third-order valence-corrected chi connectivity index (χ3v) is 3.73. The summed E-state index contributed by atoms with van der Waals surface area (Å²) in [5.74, 6) is -6.52. The molecule has 2 N–H and O–H groups in total. The number of carbonyl (C=O) groups excluding carboxylic acids is 2. The smallest absolute Gasteiger partial charge is 0.313 e. The van der Waals surface area contributed by atoms with Crippen molar-refractivity contribution in [1.82, 2.24) is 5.32 Å². The highest BCUT2D eigenvalue weighted by molar-refractivity contribution is 7.99. The maximum absolute atomic E-state index is 13.0. The number of benzene rings is 1. The minimum atomic E-state index is -1.64. The van der Waals surface area contributed by atoms with Gasteiger partial charge in [0.05, 0.1) is 0 Å². The number of halogens is 3. The van der Waals surface area contributed by atoms with Gasteiger partial charge in [0, 0.05) is 29.6 Å². The van der Waals surface area contributed by atoms with Crippen LogP contribution in [0.5, 0.6) is 0 Å². The molecule has 1 rings (SSSR count). The zero-order valence-electron chi connectivity index (χ0n) is 11.5. The lowest BCUT2D eigenvalue weighted by atomic mass is 10.2. The molecule has 0 saturated carbocycles. The molecule has 1 atom stereocenters. The molecule has 116 valence electrons. The van der Waals surface area contributed by atoms with Crippen molar-refractivity contribution in [2.45, 2.75) is 18.6 Å². The number of hydrogen-bond donors (Lipinski definition) is 2. The van der Waals surface area contributed by atoms with E-state index in [2.05, 4.69) is 5.32 Å². The monoisotopic (exact) mass is 320 g/mol. The fraction of sp³-hybridized carbons (Fsp3) is 0.385. The van der Waals surface area contributed by atoms with Gasteiger partial charge < -0.3 is 10.6 Å².